The van der Waals surface area contributed by atoms with E-state index < -0.39 is 0 Å². The lowest BCUT2D eigenvalue weighted by atomic mass is 10.0. The first-order chi connectivity index (χ1) is 12.9. The van der Waals surface area contributed by atoms with Crippen LogP contribution < -0.4 is 0 Å². The van der Waals surface area contributed by atoms with Crippen molar-refractivity contribution in [3.8, 4) is 17.1 Å². The topological polar surface area (TPSA) is 17.8 Å². The highest BCUT2D eigenvalue weighted by atomic mass is 15.1. The van der Waals surface area contributed by atoms with Crippen LogP contribution in [0.2, 0.25) is 0 Å². The molecular weight excluding hydrogens is 328 g/mol. The van der Waals surface area contributed by atoms with Crippen LogP contribution in [0.25, 0.3) is 23.2 Å². The molecule has 2 nitrogen and oxygen atoms in total. The molecule has 0 saturated carbocycles. The average Bonchev–Trinajstić information content (AvgIpc) is 3.12. The Morgan fingerprint density at radius 2 is 1.48 bits per heavy atom. The highest BCUT2D eigenvalue weighted by Crippen LogP contribution is 2.27. The molecule has 0 amide bonds. The summed E-state index contributed by atoms with van der Waals surface area (Å²) >= 11 is 0. The average molecular weight is 363 g/mol. The van der Waals surface area contributed by atoms with Crippen molar-refractivity contribution in [2.24, 2.45) is 5.92 Å². The van der Waals surface area contributed by atoms with Gasteiger partial charge in [0.25, 0.3) is 0 Å². The lowest BCUT2D eigenvalue weighted by Gasteiger charge is -2.15. The van der Waals surface area contributed by atoms with E-state index in [9.17, 15) is 0 Å². The van der Waals surface area contributed by atoms with Crippen LogP contribution in [0.4, 0.5) is 0 Å². The smallest absolute Gasteiger partial charge is 0.144 e. The number of hydrogen-bond donors (Lipinski definition) is 0. The first kappa shape index (κ1) is 22.4. The molecule has 3 aromatic rings. The van der Waals surface area contributed by atoms with Gasteiger partial charge in [0.2, 0.25) is 0 Å². The Morgan fingerprint density at radius 3 is 1.96 bits per heavy atom. The molecule has 0 radical (unpaired) electrons. The van der Waals surface area contributed by atoms with Crippen molar-refractivity contribution in [2.45, 2.75) is 48.5 Å². The van der Waals surface area contributed by atoms with Crippen molar-refractivity contribution in [2.75, 3.05) is 0 Å². The largest absolute Gasteiger partial charge is 0.299 e. The number of rotatable bonds is 3. The third kappa shape index (κ3) is 6.25. The van der Waals surface area contributed by atoms with Gasteiger partial charge in [0.05, 0.1) is 5.69 Å². The molecule has 0 aliphatic heterocycles. The second-order valence-electron chi connectivity index (χ2n) is 6.93. The van der Waals surface area contributed by atoms with Gasteiger partial charge in [-0.3, -0.25) is 4.57 Å². The fourth-order valence-corrected chi connectivity index (χ4v) is 2.77. The van der Waals surface area contributed by atoms with Gasteiger partial charge in [0.1, 0.15) is 5.82 Å². The van der Waals surface area contributed by atoms with E-state index in [-0.39, 0.29) is 0 Å². The van der Waals surface area contributed by atoms with E-state index in [0.717, 1.165) is 22.9 Å². The maximum atomic E-state index is 4.53. The SMILES string of the molecule is C=Cc1cc(C)c(-n2ccnc2-c2ccccc2)c(C)c1.CC.CC(C)C. The Labute approximate surface area is 165 Å². The highest BCUT2D eigenvalue weighted by molar-refractivity contribution is 5.63. The minimum Gasteiger partial charge on any atom is -0.299 e. The molecule has 1 heterocycles. The van der Waals surface area contributed by atoms with Gasteiger partial charge in [-0.15, -0.1) is 0 Å². The number of aromatic nitrogens is 2. The molecule has 0 unspecified atom stereocenters. The van der Waals surface area contributed by atoms with Crippen LogP contribution in [0, 0.1) is 19.8 Å². The van der Waals surface area contributed by atoms with Crippen molar-refractivity contribution in [3.63, 3.8) is 0 Å². The van der Waals surface area contributed by atoms with E-state index in [4.69, 9.17) is 0 Å². The lowest BCUT2D eigenvalue weighted by Crippen LogP contribution is -2.02. The molecule has 0 aliphatic rings. The Morgan fingerprint density at radius 1 is 0.963 bits per heavy atom. The fraction of sp³-hybridized carbons (Fsp3) is 0.320. The molecule has 0 aliphatic carbocycles. The predicted octanol–water partition coefficient (Wildman–Crippen LogP) is 7.49. The minimum absolute atomic E-state index is 0.833. The second-order valence-corrected chi connectivity index (χ2v) is 6.93. The van der Waals surface area contributed by atoms with Crippen LogP contribution in [0.15, 0.2) is 61.4 Å². The molecule has 1 aromatic heterocycles. The summed E-state index contributed by atoms with van der Waals surface area (Å²) in [4.78, 5) is 4.53. The summed E-state index contributed by atoms with van der Waals surface area (Å²) in [5.41, 5.74) is 5.90. The van der Waals surface area contributed by atoms with Gasteiger partial charge in [-0.05, 0) is 48.6 Å². The van der Waals surface area contributed by atoms with Gasteiger partial charge in [0, 0.05) is 18.0 Å². The van der Waals surface area contributed by atoms with E-state index >= 15 is 0 Å². The molecule has 0 atom stereocenters. The Kier molecular flexibility index (Phi) is 9.29. The third-order valence-electron chi connectivity index (χ3n) is 3.66. The van der Waals surface area contributed by atoms with Crippen LogP contribution in [0.3, 0.4) is 0 Å². The van der Waals surface area contributed by atoms with E-state index in [1.54, 1.807) is 0 Å². The molecule has 0 fully saturated rings. The molecule has 27 heavy (non-hydrogen) atoms. The number of aryl methyl sites for hydroxylation is 2. The van der Waals surface area contributed by atoms with Gasteiger partial charge in [-0.25, -0.2) is 4.98 Å². The van der Waals surface area contributed by atoms with Crippen LogP contribution in [0.5, 0.6) is 0 Å². The Balaban J connectivity index is 0.000000541. The van der Waals surface area contributed by atoms with Crippen molar-refractivity contribution in [1.29, 1.82) is 0 Å². The zero-order valence-electron chi connectivity index (χ0n) is 18.0. The normalized spacial score (nSPS) is 9.78. The van der Waals surface area contributed by atoms with E-state index in [2.05, 4.69) is 75.0 Å². The monoisotopic (exact) mass is 362 g/mol. The molecule has 0 N–H and O–H groups in total. The predicted molar refractivity (Wildman–Crippen MR) is 120 cm³/mol. The molecule has 0 bridgehead atoms. The lowest BCUT2D eigenvalue weighted by molar-refractivity contribution is 0.737. The van der Waals surface area contributed by atoms with Crippen molar-refractivity contribution in [1.82, 2.24) is 9.55 Å². The maximum absolute atomic E-state index is 4.53. The molecule has 2 heteroatoms. The maximum Gasteiger partial charge on any atom is 0.144 e. The van der Waals surface area contributed by atoms with Crippen molar-refractivity contribution < 1.29 is 0 Å². The molecular formula is C25H34N2. The molecule has 144 valence electrons. The summed E-state index contributed by atoms with van der Waals surface area (Å²) in [6.45, 7) is 18.6. The fourth-order valence-electron chi connectivity index (χ4n) is 2.77. The summed E-state index contributed by atoms with van der Waals surface area (Å²) in [6, 6.07) is 14.6. The summed E-state index contributed by atoms with van der Waals surface area (Å²) < 4.78 is 2.16. The van der Waals surface area contributed by atoms with Gasteiger partial charge < -0.3 is 0 Å². The summed E-state index contributed by atoms with van der Waals surface area (Å²) in [7, 11) is 0. The second kappa shape index (κ2) is 11.2. The van der Waals surface area contributed by atoms with Gasteiger partial charge in [0.15, 0.2) is 0 Å². The summed E-state index contributed by atoms with van der Waals surface area (Å²) in [5, 5.41) is 0. The van der Waals surface area contributed by atoms with E-state index in [0.29, 0.717) is 0 Å². The Bertz CT molecular complexity index is 801. The zero-order valence-corrected chi connectivity index (χ0v) is 18.0. The van der Waals surface area contributed by atoms with Crippen LogP contribution in [-0.4, -0.2) is 9.55 Å². The summed E-state index contributed by atoms with van der Waals surface area (Å²) in [5.74, 6) is 1.80. The van der Waals surface area contributed by atoms with E-state index in [1.165, 1.54) is 16.8 Å². The number of benzene rings is 2. The van der Waals surface area contributed by atoms with Crippen LogP contribution in [0.1, 0.15) is 51.3 Å². The molecule has 3 rings (SSSR count). The van der Waals surface area contributed by atoms with Gasteiger partial charge >= 0.3 is 0 Å². The molecule has 0 saturated heterocycles. The first-order valence-corrected chi connectivity index (χ1v) is 9.76. The number of nitrogens with zero attached hydrogens (tertiary/aromatic N) is 2. The third-order valence-corrected chi connectivity index (χ3v) is 3.66. The Hall–Kier alpha value is -2.61. The molecule has 0 spiro atoms. The van der Waals surface area contributed by atoms with Crippen LogP contribution >= 0.6 is 0 Å². The van der Waals surface area contributed by atoms with Gasteiger partial charge in [-0.1, -0.05) is 77.6 Å². The number of imidazole rings is 1. The quantitative estimate of drug-likeness (QED) is 0.472. The van der Waals surface area contributed by atoms with Crippen molar-refractivity contribution in [3.05, 3.63) is 78.1 Å². The zero-order chi connectivity index (χ0) is 20.4. The number of hydrogen-bond acceptors (Lipinski definition) is 1. The highest BCUT2D eigenvalue weighted by Gasteiger charge is 2.12. The first-order valence-electron chi connectivity index (χ1n) is 9.76. The van der Waals surface area contributed by atoms with Crippen molar-refractivity contribution >= 4 is 6.08 Å². The summed E-state index contributed by atoms with van der Waals surface area (Å²) in [6.07, 6.45) is 5.75. The molecule has 2 aromatic carbocycles. The minimum atomic E-state index is 0.833. The van der Waals surface area contributed by atoms with Gasteiger partial charge in [-0.2, -0.15) is 0 Å². The van der Waals surface area contributed by atoms with E-state index in [1.807, 2.05) is 50.5 Å². The standard InChI is InChI=1S/C19H18N2.C4H10.C2H6/c1-4-16-12-14(2)18(15(3)13-16)21-11-10-20-19(21)17-8-6-5-7-9-17;1-4(2)3;1-2/h4-13H,1H2,2-3H3;4H,1-3H3;1-2H3. The van der Waals surface area contributed by atoms with Crippen LogP contribution in [-0.2, 0) is 0 Å².